The molecule has 1 aromatic rings. The van der Waals surface area contributed by atoms with Gasteiger partial charge in [0, 0.05) is 6.54 Å². The molecule has 2 aliphatic heterocycles. The molecule has 0 spiro atoms. The second-order valence-electron chi connectivity index (χ2n) is 5.76. The molecule has 0 aromatic heterocycles. The maximum Gasteiger partial charge on any atom is 0.227 e. The number of hydrogen-bond donors (Lipinski definition) is 1. The van der Waals surface area contributed by atoms with Crippen molar-refractivity contribution in [3.8, 4) is 0 Å². The predicted molar refractivity (Wildman–Crippen MR) is 77.3 cm³/mol. The van der Waals surface area contributed by atoms with Crippen LogP contribution < -0.4 is 5.32 Å². The first-order valence-corrected chi connectivity index (χ1v) is 7.43. The van der Waals surface area contributed by atoms with Crippen molar-refractivity contribution in [2.45, 2.75) is 25.5 Å². The summed E-state index contributed by atoms with van der Waals surface area (Å²) in [4.78, 5) is 14.6. The highest BCUT2D eigenvalue weighted by atomic mass is 16.5. The van der Waals surface area contributed by atoms with Crippen LogP contribution in [0.4, 0.5) is 0 Å². The Morgan fingerprint density at radius 2 is 2.15 bits per heavy atom. The first-order valence-electron chi connectivity index (χ1n) is 7.43. The summed E-state index contributed by atoms with van der Waals surface area (Å²) in [5.74, 6) is 0.429. The smallest absolute Gasteiger partial charge is 0.227 e. The lowest BCUT2D eigenvalue weighted by molar-refractivity contribution is -0.148. The Balaban J connectivity index is 1.71. The van der Waals surface area contributed by atoms with E-state index in [2.05, 4.69) is 24.4 Å². The Hall–Kier alpha value is -1.39. The van der Waals surface area contributed by atoms with Gasteiger partial charge in [-0.1, -0.05) is 30.3 Å². The van der Waals surface area contributed by atoms with E-state index < -0.39 is 0 Å². The van der Waals surface area contributed by atoms with Crippen molar-refractivity contribution >= 4 is 5.91 Å². The fourth-order valence-corrected chi connectivity index (χ4v) is 3.03. The normalized spacial score (nSPS) is 30.4. The Kier molecular flexibility index (Phi) is 4.03. The largest absolute Gasteiger partial charge is 0.370 e. The Bertz CT molecular complexity index is 457. The van der Waals surface area contributed by atoms with Gasteiger partial charge in [-0.05, 0) is 25.5 Å². The molecule has 2 fully saturated rings. The highest BCUT2D eigenvalue weighted by molar-refractivity contribution is 5.80. The molecule has 1 aromatic carbocycles. The molecule has 1 N–H and O–H groups in total. The monoisotopic (exact) mass is 274 g/mol. The van der Waals surface area contributed by atoms with Gasteiger partial charge in [0.2, 0.25) is 5.91 Å². The molecule has 2 heterocycles. The van der Waals surface area contributed by atoms with E-state index in [4.69, 9.17) is 4.74 Å². The third-order valence-electron chi connectivity index (χ3n) is 4.30. The molecule has 0 aliphatic carbocycles. The molecule has 3 rings (SSSR count). The summed E-state index contributed by atoms with van der Waals surface area (Å²) in [6.45, 7) is 5.13. The highest BCUT2D eigenvalue weighted by Gasteiger charge is 2.34. The Labute approximate surface area is 120 Å². The van der Waals surface area contributed by atoms with Crippen LogP contribution in [-0.2, 0) is 9.53 Å². The second kappa shape index (κ2) is 5.94. The minimum absolute atomic E-state index is 0.00529. The molecule has 2 saturated heterocycles. The fourth-order valence-electron chi connectivity index (χ4n) is 3.03. The average molecular weight is 274 g/mol. The van der Waals surface area contributed by atoms with Gasteiger partial charge in [-0.15, -0.1) is 0 Å². The maximum absolute atomic E-state index is 12.6. The molecule has 4 heteroatoms. The van der Waals surface area contributed by atoms with Gasteiger partial charge in [0.25, 0.3) is 0 Å². The standard InChI is InChI=1S/C16H22N2O2/c1-12-11-20-15(13-5-3-2-4-6-13)10-18(12)16(19)14-7-8-17-9-14/h2-6,12,14-15,17H,7-11H2,1H3. The van der Waals surface area contributed by atoms with E-state index in [1.165, 1.54) is 0 Å². The summed E-state index contributed by atoms with van der Waals surface area (Å²) in [5.41, 5.74) is 1.15. The predicted octanol–water partition coefficient (Wildman–Crippen LogP) is 1.58. The molecule has 4 nitrogen and oxygen atoms in total. The zero-order valence-electron chi connectivity index (χ0n) is 11.9. The zero-order valence-corrected chi connectivity index (χ0v) is 11.9. The maximum atomic E-state index is 12.6. The van der Waals surface area contributed by atoms with Crippen LogP contribution in [-0.4, -0.2) is 43.1 Å². The summed E-state index contributed by atoms with van der Waals surface area (Å²) in [6, 6.07) is 10.3. The number of morpholine rings is 1. The van der Waals surface area contributed by atoms with E-state index in [1.807, 2.05) is 23.1 Å². The third-order valence-corrected chi connectivity index (χ3v) is 4.30. The van der Waals surface area contributed by atoms with E-state index in [9.17, 15) is 4.79 Å². The molecule has 1 amide bonds. The molecule has 3 unspecified atom stereocenters. The average Bonchev–Trinajstić information content (AvgIpc) is 3.02. The van der Waals surface area contributed by atoms with Crippen molar-refractivity contribution in [1.29, 1.82) is 0 Å². The zero-order chi connectivity index (χ0) is 13.9. The fraction of sp³-hybridized carbons (Fsp3) is 0.562. The minimum Gasteiger partial charge on any atom is -0.370 e. The van der Waals surface area contributed by atoms with Crippen LogP contribution in [0.2, 0.25) is 0 Å². The number of hydrogen-bond acceptors (Lipinski definition) is 3. The first-order chi connectivity index (χ1) is 9.75. The van der Waals surface area contributed by atoms with Crippen molar-refractivity contribution in [2.24, 2.45) is 5.92 Å². The van der Waals surface area contributed by atoms with Crippen LogP contribution in [0, 0.1) is 5.92 Å². The lowest BCUT2D eigenvalue weighted by Gasteiger charge is -2.39. The summed E-state index contributed by atoms with van der Waals surface area (Å²) >= 11 is 0. The topological polar surface area (TPSA) is 41.6 Å². The number of rotatable bonds is 2. The quantitative estimate of drug-likeness (QED) is 0.890. The van der Waals surface area contributed by atoms with Crippen molar-refractivity contribution in [2.75, 3.05) is 26.2 Å². The number of benzene rings is 1. The summed E-state index contributed by atoms with van der Waals surface area (Å²) in [5, 5.41) is 3.27. The van der Waals surface area contributed by atoms with Gasteiger partial charge in [0.15, 0.2) is 0 Å². The Morgan fingerprint density at radius 3 is 2.85 bits per heavy atom. The van der Waals surface area contributed by atoms with Gasteiger partial charge in [-0.2, -0.15) is 0 Å². The molecular formula is C16H22N2O2. The highest BCUT2D eigenvalue weighted by Crippen LogP contribution is 2.26. The van der Waals surface area contributed by atoms with Gasteiger partial charge in [0.05, 0.1) is 25.1 Å². The van der Waals surface area contributed by atoms with E-state index in [1.54, 1.807) is 0 Å². The minimum atomic E-state index is 0.00529. The number of carbonyl (C=O) groups is 1. The summed E-state index contributed by atoms with van der Waals surface area (Å²) < 4.78 is 5.91. The van der Waals surface area contributed by atoms with E-state index >= 15 is 0 Å². The van der Waals surface area contributed by atoms with Crippen molar-refractivity contribution in [1.82, 2.24) is 10.2 Å². The van der Waals surface area contributed by atoms with Crippen molar-refractivity contribution in [3.05, 3.63) is 35.9 Å². The third kappa shape index (κ3) is 2.72. The number of nitrogens with one attached hydrogen (secondary N) is 1. The molecule has 0 radical (unpaired) electrons. The summed E-state index contributed by atoms with van der Waals surface area (Å²) in [6.07, 6.45) is 0.963. The van der Waals surface area contributed by atoms with Gasteiger partial charge in [0.1, 0.15) is 6.10 Å². The van der Waals surface area contributed by atoms with Crippen molar-refractivity contribution < 1.29 is 9.53 Å². The molecule has 0 bridgehead atoms. The lowest BCUT2D eigenvalue weighted by Crippen LogP contribution is -2.50. The van der Waals surface area contributed by atoms with E-state index in [0.717, 1.165) is 25.1 Å². The number of amides is 1. The molecule has 20 heavy (non-hydrogen) atoms. The number of nitrogens with zero attached hydrogens (tertiary/aromatic N) is 1. The molecule has 3 atom stereocenters. The van der Waals surface area contributed by atoms with E-state index in [0.29, 0.717) is 13.2 Å². The van der Waals surface area contributed by atoms with Gasteiger partial charge < -0.3 is 15.0 Å². The number of carbonyl (C=O) groups excluding carboxylic acids is 1. The molecular weight excluding hydrogens is 252 g/mol. The van der Waals surface area contributed by atoms with Crippen LogP contribution in [0.15, 0.2) is 30.3 Å². The Morgan fingerprint density at radius 1 is 1.35 bits per heavy atom. The molecule has 2 aliphatic rings. The molecule has 108 valence electrons. The van der Waals surface area contributed by atoms with Crippen LogP contribution in [0.1, 0.15) is 25.0 Å². The van der Waals surface area contributed by atoms with Crippen molar-refractivity contribution in [3.63, 3.8) is 0 Å². The van der Waals surface area contributed by atoms with Gasteiger partial charge >= 0.3 is 0 Å². The second-order valence-corrected chi connectivity index (χ2v) is 5.76. The van der Waals surface area contributed by atoms with E-state index in [-0.39, 0.29) is 24.0 Å². The van der Waals surface area contributed by atoms with Gasteiger partial charge in [-0.3, -0.25) is 4.79 Å². The lowest BCUT2D eigenvalue weighted by atomic mass is 10.0. The first kappa shape index (κ1) is 13.6. The number of ether oxygens (including phenoxy) is 1. The van der Waals surface area contributed by atoms with Gasteiger partial charge in [-0.25, -0.2) is 0 Å². The van der Waals surface area contributed by atoms with Crippen LogP contribution in [0.3, 0.4) is 0 Å². The van der Waals surface area contributed by atoms with Crippen LogP contribution in [0.25, 0.3) is 0 Å². The molecule has 0 saturated carbocycles. The van der Waals surface area contributed by atoms with Crippen LogP contribution >= 0.6 is 0 Å². The summed E-state index contributed by atoms with van der Waals surface area (Å²) in [7, 11) is 0. The SMILES string of the molecule is CC1COC(c2ccccc2)CN1C(=O)C1CCNC1. The van der Waals surface area contributed by atoms with Crippen LogP contribution in [0.5, 0.6) is 0 Å².